The molecule has 1 heterocycles. The number of carbonyl (C=O) groups is 1. The standard InChI is InChI=1S/C15H30N2O2/c1-12(2)6-7-15(8-10-16-11-9-15)17-13(18)19-14(3,4)5/h12,16H,6-11H2,1-5H3,(H,17,18). The maximum atomic E-state index is 12.0. The van der Waals surface area contributed by atoms with Gasteiger partial charge in [0.05, 0.1) is 0 Å². The van der Waals surface area contributed by atoms with Gasteiger partial charge in [0.15, 0.2) is 0 Å². The zero-order valence-corrected chi connectivity index (χ0v) is 13.1. The Morgan fingerprint density at radius 3 is 2.37 bits per heavy atom. The van der Waals surface area contributed by atoms with Gasteiger partial charge in [0, 0.05) is 5.54 Å². The van der Waals surface area contributed by atoms with Crippen molar-refractivity contribution < 1.29 is 9.53 Å². The van der Waals surface area contributed by atoms with Crippen LogP contribution in [0, 0.1) is 5.92 Å². The molecule has 0 unspecified atom stereocenters. The molecule has 0 aromatic heterocycles. The van der Waals surface area contributed by atoms with Crippen LogP contribution < -0.4 is 10.6 Å². The number of amides is 1. The molecule has 0 saturated carbocycles. The lowest BCUT2D eigenvalue weighted by Gasteiger charge is -2.39. The molecule has 1 aliphatic heterocycles. The number of rotatable bonds is 4. The molecule has 0 atom stereocenters. The summed E-state index contributed by atoms with van der Waals surface area (Å²) in [5, 5.41) is 6.50. The Hall–Kier alpha value is -0.770. The summed E-state index contributed by atoms with van der Waals surface area (Å²) in [4.78, 5) is 12.0. The predicted molar refractivity (Wildman–Crippen MR) is 78.3 cm³/mol. The summed E-state index contributed by atoms with van der Waals surface area (Å²) in [6.45, 7) is 12.1. The van der Waals surface area contributed by atoms with Crippen LogP contribution in [0.5, 0.6) is 0 Å². The van der Waals surface area contributed by atoms with Gasteiger partial charge in [0.25, 0.3) is 0 Å². The van der Waals surface area contributed by atoms with Gasteiger partial charge in [-0.3, -0.25) is 0 Å². The van der Waals surface area contributed by atoms with E-state index in [9.17, 15) is 4.79 Å². The Balaban J connectivity index is 2.60. The zero-order chi connectivity index (χ0) is 14.5. The number of ether oxygens (including phenoxy) is 1. The van der Waals surface area contributed by atoms with Gasteiger partial charge in [-0.25, -0.2) is 4.79 Å². The first-order valence-corrected chi connectivity index (χ1v) is 7.44. The Labute approximate surface area is 117 Å². The minimum atomic E-state index is -0.434. The zero-order valence-electron chi connectivity index (χ0n) is 13.1. The molecule has 2 N–H and O–H groups in total. The molecule has 4 heteroatoms. The van der Waals surface area contributed by atoms with E-state index in [1.54, 1.807) is 0 Å². The molecule has 1 amide bonds. The molecule has 0 aromatic rings. The molecule has 4 nitrogen and oxygen atoms in total. The van der Waals surface area contributed by atoms with Crippen molar-refractivity contribution >= 4 is 6.09 Å². The van der Waals surface area contributed by atoms with Crippen LogP contribution in [-0.4, -0.2) is 30.3 Å². The number of carbonyl (C=O) groups excluding carboxylic acids is 1. The second-order valence-corrected chi connectivity index (χ2v) is 7.09. The topological polar surface area (TPSA) is 50.4 Å². The molecule has 0 aliphatic carbocycles. The van der Waals surface area contributed by atoms with Crippen LogP contribution in [0.3, 0.4) is 0 Å². The quantitative estimate of drug-likeness (QED) is 0.825. The van der Waals surface area contributed by atoms with Crippen molar-refractivity contribution in [3.05, 3.63) is 0 Å². The lowest BCUT2D eigenvalue weighted by atomic mass is 9.82. The lowest BCUT2D eigenvalue weighted by molar-refractivity contribution is 0.0417. The van der Waals surface area contributed by atoms with E-state index in [4.69, 9.17) is 4.74 Å². The SMILES string of the molecule is CC(C)CCC1(NC(=O)OC(C)(C)C)CCNCC1. The summed E-state index contributed by atoms with van der Waals surface area (Å²) in [5.74, 6) is 0.659. The van der Waals surface area contributed by atoms with Crippen molar-refractivity contribution in [2.45, 2.75) is 71.4 Å². The lowest BCUT2D eigenvalue weighted by Crippen LogP contribution is -2.55. The van der Waals surface area contributed by atoms with Crippen molar-refractivity contribution in [1.29, 1.82) is 0 Å². The van der Waals surface area contributed by atoms with Crippen LogP contribution in [0.2, 0.25) is 0 Å². The van der Waals surface area contributed by atoms with Gasteiger partial charge >= 0.3 is 6.09 Å². The molecule has 19 heavy (non-hydrogen) atoms. The van der Waals surface area contributed by atoms with Crippen molar-refractivity contribution in [2.75, 3.05) is 13.1 Å². The Bertz CT molecular complexity index is 289. The van der Waals surface area contributed by atoms with Crippen LogP contribution >= 0.6 is 0 Å². The molecule has 112 valence electrons. The van der Waals surface area contributed by atoms with Crippen LogP contribution in [0.25, 0.3) is 0 Å². The molecule has 1 rings (SSSR count). The van der Waals surface area contributed by atoms with Crippen molar-refractivity contribution in [2.24, 2.45) is 5.92 Å². The molecule has 0 bridgehead atoms. The van der Waals surface area contributed by atoms with Crippen molar-refractivity contribution in [3.63, 3.8) is 0 Å². The van der Waals surface area contributed by atoms with E-state index >= 15 is 0 Å². The minimum Gasteiger partial charge on any atom is -0.444 e. The van der Waals surface area contributed by atoms with Gasteiger partial charge in [-0.1, -0.05) is 13.8 Å². The van der Waals surface area contributed by atoms with Gasteiger partial charge in [-0.2, -0.15) is 0 Å². The van der Waals surface area contributed by atoms with E-state index in [0.29, 0.717) is 5.92 Å². The van der Waals surface area contributed by atoms with Crippen molar-refractivity contribution in [3.8, 4) is 0 Å². The van der Waals surface area contributed by atoms with E-state index in [2.05, 4.69) is 24.5 Å². The molecular formula is C15H30N2O2. The fourth-order valence-corrected chi connectivity index (χ4v) is 2.43. The van der Waals surface area contributed by atoms with E-state index in [-0.39, 0.29) is 11.6 Å². The maximum absolute atomic E-state index is 12.0. The first-order valence-electron chi connectivity index (χ1n) is 7.44. The highest BCUT2D eigenvalue weighted by Crippen LogP contribution is 2.26. The Kier molecular flexibility index (Phi) is 5.65. The summed E-state index contributed by atoms with van der Waals surface area (Å²) < 4.78 is 5.40. The third-order valence-electron chi connectivity index (χ3n) is 3.53. The smallest absolute Gasteiger partial charge is 0.408 e. The number of hydrogen-bond acceptors (Lipinski definition) is 3. The molecular weight excluding hydrogens is 240 g/mol. The third-order valence-corrected chi connectivity index (χ3v) is 3.53. The Morgan fingerprint density at radius 2 is 1.89 bits per heavy atom. The fourth-order valence-electron chi connectivity index (χ4n) is 2.43. The Morgan fingerprint density at radius 1 is 1.32 bits per heavy atom. The number of nitrogens with one attached hydrogen (secondary N) is 2. The summed E-state index contributed by atoms with van der Waals surface area (Å²) in [6.07, 6.45) is 3.86. The van der Waals surface area contributed by atoms with Crippen LogP contribution in [0.1, 0.15) is 60.3 Å². The van der Waals surface area contributed by atoms with E-state index in [1.807, 2.05) is 20.8 Å². The summed E-state index contributed by atoms with van der Waals surface area (Å²) in [5.41, 5.74) is -0.520. The largest absolute Gasteiger partial charge is 0.444 e. The third kappa shape index (κ3) is 6.28. The summed E-state index contributed by atoms with van der Waals surface area (Å²) in [7, 11) is 0. The summed E-state index contributed by atoms with van der Waals surface area (Å²) in [6, 6.07) is 0. The molecule has 1 fully saturated rings. The number of piperidine rings is 1. The van der Waals surface area contributed by atoms with Gasteiger partial charge < -0.3 is 15.4 Å². The van der Waals surface area contributed by atoms with Crippen molar-refractivity contribution in [1.82, 2.24) is 10.6 Å². The molecule has 1 aliphatic rings. The van der Waals surface area contributed by atoms with Gasteiger partial charge in [0.1, 0.15) is 5.60 Å². The normalized spacial score (nSPS) is 19.3. The second kappa shape index (κ2) is 6.60. The number of alkyl carbamates (subject to hydrolysis) is 1. The van der Waals surface area contributed by atoms with Crippen LogP contribution in [0.15, 0.2) is 0 Å². The highest BCUT2D eigenvalue weighted by atomic mass is 16.6. The summed E-state index contributed by atoms with van der Waals surface area (Å²) >= 11 is 0. The van der Waals surface area contributed by atoms with Gasteiger partial charge in [-0.05, 0) is 65.5 Å². The minimum absolute atomic E-state index is 0.0855. The average Bonchev–Trinajstić information content (AvgIpc) is 2.25. The molecule has 0 aromatic carbocycles. The van der Waals surface area contributed by atoms with Crippen LogP contribution in [-0.2, 0) is 4.74 Å². The second-order valence-electron chi connectivity index (χ2n) is 7.09. The fraction of sp³-hybridized carbons (Fsp3) is 0.933. The molecule has 0 spiro atoms. The van der Waals surface area contributed by atoms with E-state index in [0.717, 1.165) is 38.8 Å². The highest BCUT2D eigenvalue weighted by Gasteiger charge is 2.34. The highest BCUT2D eigenvalue weighted by molar-refractivity contribution is 5.68. The number of hydrogen-bond donors (Lipinski definition) is 2. The monoisotopic (exact) mass is 270 g/mol. The molecule has 1 saturated heterocycles. The van der Waals surface area contributed by atoms with Crippen LogP contribution in [0.4, 0.5) is 4.79 Å². The molecule has 0 radical (unpaired) electrons. The van der Waals surface area contributed by atoms with Gasteiger partial charge in [-0.15, -0.1) is 0 Å². The first kappa shape index (κ1) is 16.3. The maximum Gasteiger partial charge on any atom is 0.408 e. The average molecular weight is 270 g/mol. The van der Waals surface area contributed by atoms with Gasteiger partial charge in [0.2, 0.25) is 0 Å². The van der Waals surface area contributed by atoms with E-state index in [1.165, 1.54) is 0 Å². The first-order chi connectivity index (χ1) is 8.72. The predicted octanol–water partition coefficient (Wildman–Crippen LogP) is 3.07. The van der Waals surface area contributed by atoms with E-state index < -0.39 is 5.60 Å².